The lowest BCUT2D eigenvalue weighted by atomic mass is 9.84. The zero-order valence-electron chi connectivity index (χ0n) is 30.2. The van der Waals surface area contributed by atoms with Gasteiger partial charge in [-0.25, -0.2) is 4.98 Å². The van der Waals surface area contributed by atoms with Crippen LogP contribution in [-0.4, -0.2) is 14.5 Å². The highest BCUT2D eigenvalue weighted by atomic mass is 15.1. The van der Waals surface area contributed by atoms with E-state index in [1.807, 2.05) is 54.7 Å². The summed E-state index contributed by atoms with van der Waals surface area (Å²) in [6.45, 7) is 0. The average molecular weight is 605 g/mol. The molecule has 9 aromatic rings. The summed E-state index contributed by atoms with van der Waals surface area (Å²) in [5.41, 5.74) is 8.41. The first-order valence-electron chi connectivity index (χ1n) is 18.0. The number of hydrogen-bond acceptors (Lipinski definition) is 2. The van der Waals surface area contributed by atoms with Crippen LogP contribution in [0.5, 0.6) is 0 Å². The van der Waals surface area contributed by atoms with E-state index in [9.17, 15) is 0 Å². The first-order valence-corrected chi connectivity index (χ1v) is 15.5. The molecule has 220 valence electrons. The number of rotatable bonds is 5. The van der Waals surface area contributed by atoms with E-state index in [-0.39, 0.29) is 17.8 Å². The van der Waals surface area contributed by atoms with Gasteiger partial charge in [-0.2, -0.15) is 0 Å². The topological polar surface area (TPSA) is 30.7 Å². The van der Waals surface area contributed by atoms with Gasteiger partial charge in [-0.1, -0.05) is 127 Å². The van der Waals surface area contributed by atoms with Crippen molar-refractivity contribution >= 4 is 32.6 Å². The summed E-state index contributed by atoms with van der Waals surface area (Å²) in [4.78, 5) is 9.44. The molecule has 0 spiro atoms. The minimum absolute atomic E-state index is 0.0584. The molecule has 0 aliphatic carbocycles. The van der Waals surface area contributed by atoms with Crippen molar-refractivity contribution in [1.82, 2.24) is 14.5 Å². The smallest absolute Gasteiger partial charge is 0.146 e. The van der Waals surface area contributed by atoms with Crippen molar-refractivity contribution in [3.8, 4) is 50.5 Å². The van der Waals surface area contributed by atoms with Crippen molar-refractivity contribution in [2.45, 2.75) is 0 Å². The zero-order chi connectivity index (χ0) is 35.5. The fraction of sp³-hybridized carbons (Fsp3) is 0. The number of pyridine rings is 1. The van der Waals surface area contributed by atoms with Crippen LogP contribution in [0.1, 0.15) is 6.85 Å². The standard InChI is InChI=1S/C44H29N3/c1-2-17-33(18-3-1)47-41-26-11-10-25-40(41)46-44(47)39-24-9-8-23-38(39)43-36-21-6-4-19-34(36)42(35-20-5-7-22-37(35)43)31-15-12-14-30(28-31)32-16-13-27-45-29-32/h1-29H/i1D,2D,3D,17D,18D. The molecule has 0 N–H and O–H groups in total. The van der Waals surface area contributed by atoms with Crippen LogP contribution in [0, 0.1) is 0 Å². The van der Waals surface area contributed by atoms with E-state index >= 15 is 0 Å². The Bertz CT molecular complexity index is 2780. The molecule has 2 heterocycles. The predicted molar refractivity (Wildman–Crippen MR) is 196 cm³/mol. The van der Waals surface area contributed by atoms with Crippen molar-refractivity contribution < 1.29 is 6.85 Å². The number of hydrogen-bond donors (Lipinski definition) is 0. The summed E-state index contributed by atoms with van der Waals surface area (Å²) in [6, 6.07) is 43.2. The highest BCUT2D eigenvalue weighted by Gasteiger charge is 2.22. The largest absolute Gasteiger partial charge is 0.292 e. The second-order valence-corrected chi connectivity index (χ2v) is 11.4. The minimum atomic E-state index is -0.436. The molecule has 0 saturated heterocycles. The molecular weight excluding hydrogens is 571 g/mol. The maximum Gasteiger partial charge on any atom is 0.146 e. The Kier molecular flexibility index (Phi) is 5.32. The predicted octanol–water partition coefficient (Wildman–Crippen LogP) is 11.4. The number of fused-ring (bicyclic) bond motifs is 3. The lowest BCUT2D eigenvalue weighted by molar-refractivity contribution is 1.10. The second kappa shape index (κ2) is 11.2. The first kappa shape index (κ1) is 22.2. The van der Waals surface area contributed by atoms with Crippen molar-refractivity contribution in [2.24, 2.45) is 0 Å². The maximum absolute atomic E-state index is 8.93. The highest BCUT2D eigenvalue weighted by molar-refractivity contribution is 6.22. The number of para-hydroxylation sites is 3. The molecule has 0 aliphatic heterocycles. The molecule has 9 rings (SSSR count). The van der Waals surface area contributed by atoms with E-state index < -0.39 is 18.1 Å². The van der Waals surface area contributed by atoms with Crippen LogP contribution in [0.2, 0.25) is 0 Å². The zero-order valence-corrected chi connectivity index (χ0v) is 25.2. The summed E-state index contributed by atoms with van der Waals surface area (Å²) in [5, 5.41) is 4.30. The Morgan fingerprint density at radius 2 is 1.13 bits per heavy atom. The molecule has 0 unspecified atom stereocenters. The molecule has 0 saturated carbocycles. The summed E-state index contributed by atoms with van der Waals surface area (Å²) < 4.78 is 44.8. The van der Waals surface area contributed by atoms with Crippen LogP contribution >= 0.6 is 0 Å². The molecule has 0 amide bonds. The Morgan fingerprint density at radius 3 is 1.85 bits per heavy atom. The summed E-state index contributed by atoms with van der Waals surface area (Å²) in [6.07, 6.45) is 3.66. The molecule has 3 nitrogen and oxygen atoms in total. The molecular formula is C44H29N3. The molecule has 0 bridgehead atoms. The minimum Gasteiger partial charge on any atom is -0.292 e. The van der Waals surface area contributed by atoms with Gasteiger partial charge in [-0.05, 0) is 85.7 Å². The van der Waals surface area contributed by atoms with Gasteiger partial charge in [0.05, 0.1) is 17.9 Å². The van der Waals surface area contributed by atoms with Gasteiger partial charge in [-0.15, -0.1) is 0 Å². The van der Waals surface area contributed by atoms with Crippen LogP contribution in [0.15, 0.2) is 176 Å². The molecule has 0 fully saturated rings. The maximum atomic E-state index is 8.93. The Morgan fingerprint density at radius 1 is 0.511 bits per heavy atom. The molecule has 3 heteroatoms. The van der Waals surface area contributed by atoms with E-state index in [0.717, 1.165) is 60.5 Å². The van der Waals surface area contributed by atoms with Crippen molar-refractivity contribution in [3.63, 3.8) is 0 Å². The molecule has 47 heavy (non-hydrogen) atoms. The second-order valence-electron chi connectivity index (χ2n) is 11.4. The van der Waals surface area contributed by atoms with Gasteiger partial charge in [0, 0.05) is 29.2 Å². The summed E-state index contributed by atoms with van der Waals surface area (Å²) >= 11 is 0. The van der Waals surface area contributed by atoms with E-state index in [1.165, 1.54) is 0 Å². The van der Waals surface area contributed by atoms with E-state index in [2.05, 4.69) is 89.9 Å². The van der Waals surface area contributed by atoms with Gasteiger partial charge in [0.25, 0.3) is 0 Å². The first-order chi connectivity index (χ1) is 25.4. The third-order valence-electron chi connectivity index (χ3n) is 8.79. The van der Waals surface area contributed by atoms with E-state index in [1.54, 1.807) is 10.8 Å². The average Bonchev–Trinajstić information content (AvgIpc) is 3.58. The number of benzene rings is 7. The van der Waals surface area contributed by atoms with Crippen LogP contribution in [0.25, 0.3) is 83.0 Å². The number of aromatic nitrogens is 3. The molecule has 0 aliphatic rings. The van der Waals surface area contributed by atoms with E-state index in [4.69, 9.17) is 11.8 Å². The Balaban J connectivity index is 1.36. The van der Waals surface area contributed by atoms with Gasteiger partial charge in [-0.3, -0.25) is 9.55 Å². The SMILES string of the molecule is [2H]c1c([2H])c([2H])c(-n2c(-c3ccccc3-c3c4ccccc4c(-c4cccc(-c5cccnc5)c4)c4ccccc34)nc3ccccc32)c([2H])c1[2H]. The number of nitrogens with zero attached hydrogens (tertiary/aromatic N) is 3. The van der Waals surface area contributed by atoms with Gasteiger partial charge in [0.15, 0.2) is 0 Å². The van der Waals surface area contributed by atoms with Gasteiger partial charge >= 0.3 is 0 Å². The highest BCUT2D eigenvalue weighted by Crippen LogP contribution is 2.46. The van der Waals surface area contributed by atoms with Gasteiger partial charge in [0.1, 0.15) is 5.82 Å². The van der Waals surface area contributed by atoms with E-state index in [0.29, 0.717) is 16.9 Å². The summed E-state index contributed by atoms with van der Waals surface area (Å²) in [5.74, 6) is 0.483. The Labute approximate surface area is 280 Å². The Hall–Kier alpha value is -6.32. The van der Waals surface area contributed by atoms with Crippen molar-refractivity contribution in [2.75, 3.05) is 0 Å². The molecule has 2 aromatic heterocycles. The van der Waals surface area contributed by atoms with Crippen LogP contribution in [0.4, 0.5) is 0 Å². The third kappa shape index (κ3) is 4.52. The lowest BCUT2D eigenvalue weighted by Gasteiger charge is -2.20. The molecule has 7 aromatic carbocycles. The van der Waals surface area contributed by atoms with Gasteiger partial charge in [0.2, 0.25) is 0 Å². The fourth-order valence-corrected chi connectivity index (χ4v) is 6.80. The summed E-state index contributed by atoms with van der Waals surface area (Å²) in [7, 11) is 0. The third-order valence-corrected chi connectivity index (χ3v) is 8.79. The van der Waals surface area contributed by atoms with Crippen LogP contribution in [-0.2, 0) is 0 Å². The molecule has 0 radical (unpaired) electrons. The monoisotopic (exact) mass is 604 g/mol. The van der Waals surface area contributed by atoms with Gasteiger partial charge < -0.3 is 0 Å². The lowest BCUT2D eigenvalue weighted by Crippen LogP contribution is -1.99. The fourth-order valence-electron chi connectivity index (χ4n) is 6.80. The van der Waals surface area contributed by atoms with Crippen LogP contribution in [0.3, 0.4) is 0 Å². The van der Waals surface area contributed by atoms with Crippen molar-refractivity contribution in [1.29, 1.82) is 0 Å². The quantitative estimate of drug-likeness (QED) is 0.183. The van der Waals surface area contributed by atoms with Crippen molar-refractivity contribution in [3.05, 3.63) is 176 Å². The molecule has 0 atom stereocenters. The normalized spacial score (nSPS) is 12.9. The van der Waals surface area contributed by atoms with Crippen LogP contribution < -0.4 is 0 Å². The number of imidazole rings is 1.